The molecular formula is C21H30ClNO4. The summed E-state index contributed by atoms with van der Waals surface area (Å²) in [5.41, 5.74) is 2.74. The summed E-state index contributed by atoms with van der Waals surface area (Å²) in [6.45, 7) is 4.75. The van der Waals surface area contributed by atoms with E-state index in [1.165, 1.54) is 0 Å². The van der Waals surface area contributed by atoms with Gasteiger partial charge in [-0.05, 0) is 55.2 Å². The van der Waals surface area contributed by atoms with Crippen LogP contribution in [0.1, 0.15) is 36.1 Å². The molecule has 2 aromatic rings. The predicted octanol–water partition coefficient (Wildman–Crippen LogP) is -0.660. The minimum atomic E-state index is -0.569. The Labute approximate surface area is 167 Å². The molecule has 0 saturated carbocycles. The molecule has 0 bridgehead atoms. The van der Waals surface area contributed by atoms with Gasteiger partial charge in [0, 0.05) is 6.42 Å². The van der Waals surface area contributed by atoms with E-state index in [0.29, 0.717) is 0 Å². The summed E-state index contributed by atoms with van der Waals surface area (Å²) in [6.07, 6.45) is 1.29. The second kappa shape index (κ2) is 11.0. The second-order valence-corrected chi connectivity index (χ2v) is 6.63. The molecule has 0 fully saturated rings. The number of methoxy groups -OCH3 is 2. The minimum Gasteiger partial charge on any atom is -1.00 e. The Morgan fingerprint density at radius 3 is 2.48 bits per heavy atom. The smallest absolute Gasteiger partial charge is 0.163 e. The number of aliphatic hydroxyl groups excluding tert-OH is 1. The molecule has 0 aliphatic rings. The first-order chi connectivity index (χ1) is 12.5. The summed E-state index contributed by atoms with van der Waals surface area (Å²) in [5.74, 6) is 1.80. The topological polar surface area (TPSA) is 75.5 Å². The first kappa shape index (κ1) is 23.1. The molecule has 2 aromatic carbocycles. The van der Waals surface area contributed by atoms with E-state index in [1.54, 1.807) is 26.4 Å². The van der Waals surface area contributed by atoms with Gasteiger partial charge in [0.2, 0.25) is 0 Å². The molecule has 0 spiro atoms. The van der Waals surface area contributed by atoms with Crippen molar-refractivity contribution in [3.05, 3.63) is 53.1 Å². The van der Waals surface area contributed by atoms with Crippen LogP contribution in [0, 0.1) is 6.92 Å². The van der Waals surface area contributed by atoms with Crippen molar-refractivity contribution < 1.29 is 37.4 Å². The third kappa shape index (κ3) is 6.03. The van der Waals surface area contributed by atoms with Crippen LogP contribution < -0.4 is 27.2 Å². The van der Waals surface area contributed by atoms with Crippen molar-refractivity contribution in [2.75, 3.05) is 20.8 Å². The van der Waals surface area contributed by atoms with E-state index < -0.39 is 6.10 Å². The van der Waals surface area contributed by atoms with Gasteiger partial charge in [-0.1, -0.05) is 18.2 Å². The summed E-state index contributed by atoms with van der Waals surface area (Å²) in [4.78, 5) is 0. The number of phenols is 1. The third-order valence-corrected chi connectivity index (χ3v) is 4.73. The number of hydrogen-bond acceptors (Lipinski definition) is 4. The van der Waals surface area contributed by atoms with Gasteiger partial charge in [0.05, 0.1) is 20.8 Å². The lowest BCUT2D eigenvalue weighted by Crippen LogP contribution is -3.00. The van der Waals surface area contributed by atoms with E-state index in [1.807, 2.05) is 32.0 Å². The Kier molecular flexibility index (Phi) is 9.43. The van der Waals surface area contributed by atoms with Crippen LogP contribution in [0.25, 0.3) is 0 Å². The summed E-state index contributed by atoms with van der Waals surface area (Å²) < 4.78 is 10.8. The molecule has 150 valence electrons. The number of rotatable bonds is 9. The van der Waals surface area contributed by atoms with Crippen LogP contribution in [0.15, 0.2) is 36.4 Å². The van der Waals surface area contributed by atoms with Crippen LogP contribution in [-0.4, -0.2) is 37.0 Å². The zero-order valence-electron chi connectivity index (χ0n) is 16.4. The number of para-hydroxylation sites is 1. The molecule has 6 heteroatoms. The lowest BCUT2D eigenvalue weighted by Gasteiger charge is -2.19. The van der Waals surface area contributed by atoms with E-state index in [4.69, 9.17) is 9.47 Å². The number of halogens is 1. The maximum atomic E-state index is 10.5. The van der Waals surface area contributed by atoms with Crippen LogP contribution >= 0.6 is 0 Å². The number of benzene rings is 2. The quantitative estimate of drug-likeness (QED) is 0.493. The van der Waals surface area contributed by atoms with E-state index in [0.717, 1.165) is 47.6 Å². The molecule has 2 rings (SSSR count). The minimum absolute atomic E-state index is 0. The maximum Gasteiger partial charge on any atom is 0.163 e. The zero-order valence-corrected chi connectivity index (χ0v) is 17.2. The predicted molar refractivity (Wildman–Crippen MR) is 102 cm³/mol. The highest BCUT2D eigenvalue weighted by molar-refractivity contribution is 5.46. The van der Waals surface area contributed by atoms with Gasteiger partial charge in [-0.3, -0.25) is 0 Å². The molecule has 0 heterocycles. The van der Waals surface area contributed by atoms with Crippen LogP contribution in [0.4, 0.5) is 0 Å². The lowest BCUT2D eigenvalue weighted by molar-refractivity contribution is -0.694. The summed E-state index contributed by atoms with van der Waals surface area (Å²) in [6, 6.07) is 11.2. The highest BCUT2D eigenvalue weighted by atomic mass is 35.5. The van der Waals surface area contributed by atoms with E-state index in [9.17, 15) is 10.2 Å². The molecule has 0 aromatic heterocycles. The average molecular weight is 396 g/mol. The normalized spacial score (nSPS) is 12.8. The van der Waals surface area contributed by atoms with Gasteiger partial charge < -0.3 is 37.4 Å². The number of aliphatic hydroxyl groups is 1. The van der Waals surface area contributed by atoms with E-state index in [-0.39, 0.29) is 24.2 Å². The molecule has 5 nitrogen and oxygen atoms in total. The number of aromatic hydroxyl groups is 1. The fourth-order valence-electron chi connectivity index (χ4n) is 3.12. The van der Waals surface area contributed by atoms with Gasteiger partial charge >= 0.3 is 0 Å². The van der Waals surface area contributed by atoms with E-state index >= 15 is 0 Å². The van der Waals surface area contributed by atoms with Crippen molar-refractivity contribution in [2.24, 2.45) is 0 Å². The fourth-order valence-corrected chi connectivity index (χ4v) is 3.12. The highest BCUT2D eigenvalue weighted by Gasteiger charge is 2.19. The Morgan fingerprint density at radius 1 is 1.11 bits per heavy atom. The molecule has 0 aliphatic heterocycles. The molecular weight excluding hydrogens is 366 g/mol. The van der Waals surface area contributed by atoms with Crippen molar-refractivity contribution in [3.63, 3.8) is 0 Å². The second-order valence-electron chi connectivity index (χ2n) is 6.63. The number of nitrogens with two attached hydrogens (primary N) is 1. The highest BCUT2D eigenvalue weighted by Crippen LogP contribution is 2.31. The van der Waals surface area contributed by atoms with Gasteiger partial charge in [0.25, 0.3) is 0 Å². The van der Waals surface area contributed by atoms with Gasteiger partial charge in [-0.15, -0.1) is 0 Å². The van der Waals surface area contributed by atoms with Crippen LogP contribution in [-0.2, 0) is 6.42 Å². The van der Waals surface area contributed by atoms with Gasteiger partial charge in [-0.25, -0.2) is 0 Å². The van der Waals surface area contributed by atoms with Gasteiger partial charge in [0.15, 0.2) is 11.5 Å². The monoisotopic (exact) mass is 395 g/mol. The van der Waals surface area contributed by atoms with Crippen LogP contribution in [0.5, 0.6) is 17.2 Å². The van der Waals surface area contributed by atoms with E-state index in [2.05, 4.69) is 11.4 Å². The Balaban J connectivity index is 0.00000364. The standard InChI is InChI=1S/C21H29NO4.ClH/c1-14-13-17(10-11-18(14)23)20(24)15(2)22-12-6-8-16-7-5-9-19(25-3)21(16)26-4;/h5,7,9-11,13,15,20,22-24H,6,8,12H2,1-4H3;1H. The number of quaternary nitrogens is 1. The largest absolute Gasteiger partial charge is 1.00 e. The number of hydrogen-bond donors (Lipinski definition) is 3. The first-order valence-corrected chi connectivity index (χ1v) is 8.98. The first-order valence-electron chi connectivity index (χ1n) is 8.98. The van der Waals surface area contributed by atoms with Crippen LogP contribution in [0.3, 0.4) is 0 Å². The van der Waals surface area contributed by atoms with Crippen molar-refractivity contribution in [3.8, 4) is 17.2 Å². The molecule has 2 unspecified atom stereocenters. The summed E-state index contributed by atoms with van der Waals surface area (Å²) in [5, 5.41) is 22.3. The molecule has 0 radical (unpaired) electrons. The Hall–Kier alpha value is -1.95. The molecule has 0 aliphatic carbocycles. The molecule has 2 atom stereocenters. The van der Waals surface area contributed by atoms with Crippen molar-refractivity contribution in [1.29, 1.82) is 0 Å². The number of phenolic OH excluding ortho intramolecular Hbond substituents is 1. The molecule has 0 saturated heterocycles. The van der Waals surface area contributed by atoms with Gasteiger partial charge in [-0.2, -0.15) is 0 Å². The third-order valence-electron chi connectivity index (χ3n) is 4.73. The maximum absolute atomic E-state index is 10.5. The fraction of sp³-hybridized carbons (Fsp3) is 0.429. The molecule has 4 N–H and O–H groups in total. The average Bonchev–Trinajstić information content (AvgIpc) is 2.66. The van der Waals surface area contributed by atoms with Crippen molar-refractivity contribution in [1.82, 2.24) is 0 Å². The van der Waals surface area contributed by atoms with Crippen LogP contribution in [0.2, 0.25) is 0 Å². The lowest BCUT2D eigenvalue weighted by atomic mass is 10.0. The number of ether oxygens (including phenoxy) is 2. The summed E-state index contributed by atoms with van der Waals surface area (Å²) >= 11 is 0. The zero-order chi connectivity index (χ0) is 19.1. The Morgan fingerprint density at radius 2 is 1.85 bits per heavy atom. The summed E-state index contributed by atoms with van der Waals surface area (Å²) in [7, 11) is 3.30. The van der Waals surface area contributed by atoms with Gasteiger partial charge in [0.1, 0.15) is 17.9 Å². The SMILES string of the molecule is COc1cccc(CCC[NH2+]C(C)C(O)c2ccc(O)c(C)c2)c1OC.[Cl-]. The van der Waals surface area contributed by atoms with Crippen molar-refractivity contribution >= 4 is 0 Å². The molecule has 27 heavy (non-hydrogen) atoms. The Bertz CT molecular complexity index is 723. The number of aryl methyl sites for hydroxylation is 2. The molecule has 0 amide bonds. The van der Waals surface area contributed by atoms with Crippen molar-refractivity contribution in [2.45, 2.75) is 38.8 Å².